The molecule has 216 valence electrons. The second kappa shape index (κ2) is 11.5. The van der Waals surface area contributed by atoms with Gasteiger partial charge in [0.15, 0.2) is 5.75 Å². The molecule has 1 saturated carbocycles. The van der Waals surface area contributed by atoms with Crippen LogP contribution in [0.3, 0.4) is 0 Å². The van der Waals surface area contributed by atoms with E-state index >= 15 is 0 Å². The van der Waals surface area contributed by atoms with E-state index in [-0.39, 0.29) is 16.7 Å². The minimum atomic E-state index is -0.449. The number of amides is 1. The van der Waals surface area contributed by atoms with Crippen LogP contribution in [0, 0.1) is 16.0 Å². The minimum Gasteiger partial charge on any atom is -0.490 e. The van der Waals surface area contributed by atoms with Gasteiger partial charge in [0.25, 0.3) is 0 Å². The van der Waals surface area contributed by atoms with Crippen LogP contribution in [0.2, 0.25) is 0 Å². The molecule has 0 aromatic heterocycles. The molecule has 1 atom stereocenters. The van der Waals surface area contributed by atoms with Gasteiger partial charge in [0.1, 0.15) is 5.60 Å². The molecule has 4 aliphatic rings. The number of hydrogen-bond acceptors (Lipinski definition) is 8. The molecule has 39 heavy (non-hydrogen) atoms. The Morgan fingerprint density at radius 3 is 2.28 bits per heavy atom. The minimum absolute atomic E-state index is 0.0751. The van der Waals surface area contributed by atoms with Crippen molar-refractivity contribution in [2.24, 2.45) is 5.92 Å². The van der Waals surface area contributed by atoms with Crippen LogP contribution in [0.1, 0.15) is 64.4 Å². The topological polar surface area (TPSA) is 91.6 Å². The smallest absolute Gasteiger partial charge is 0.410 e. The molecule has 1 aliphatic carbocycles. The quantitative estimate of drug-likeness (QED) is 0.371. The Hall–Kier alpha value is -2.59. The molecule has 0 radical (unpaired) electrons. The van der Waals surface area contributed by atoms with Crippen LogP contribution in [0.15, 0.2) is 12.1 Å². The highest BCUT2D eigenvalue weighted by atomic mass is 16.6. The van der Waals surface area contributed by atoms with Crippen molar-refractivity contribution in [2.45, 2.75) is 70.4 Å². The summed E-state index contributed by atoms with van der Waals surface area (Å²) in [5.74, 6) is 1.31. The zero-order valence-electron chi connectivity index (χ0n) is 24.1. The maximum atomic E-state index is 12.4. The van der Waals surface area contributed by atoms with Gasteiger partial charge in [0.05, 0.1) is 12.0 Å². The Balaban J connectivity index is 1.09. The van der Waals surface area contributed by atoms with E-state index in [1.807, 2.05) is 31.7 Å². The van der Waals surface area contributed by atoms with Crippen molar-refractivity contribution >= 4 is 17.5 Å². The van der Waals surface area contributed by atoms with Crippen LogP contribution < -0.4 is 9.64 Å². The fourth-order valence-corrected chi connectivity index (χ4v) is 6.50. The summed E-state index contributed by atoms with van der Waals surface area (Å²) in [6, 6.07) is 4.24. The monoisotopic (exact) mass is 543 g/mol. The van der Waals surface area contributed by atoms with E-state index < -0.39 is 5.60 Å². The predicted octanol–water partition coefficient (Wildman–Crippen LogP) is 4.32. The third-order valence-electron chi connectivity index (χ3n) is 8.72. The predicted molar refractivity (Wildman–Crippen MR) is 151 cm³/mol. The lowest BCUT2D eigenvalue weighted by molar-refractivity contribution is -0.385. The Labute approximate surface area is 232 Å². The summed E-state index contributed by atoms with van der Waals surface area (Å²) in [5, 5.41) is 11.6. The molecule has 3 saturated heterocycles. The van der Waals surface area contributed by atoms with Crippen LogP contribution >= 0.6 is 0 Å². The van der Waals surface area contributed by atoms with Gasteiger partial charge in [-0.3, -0.25) is 15.0 Å². The van der Waals surface area contributed by atoms with Gasteiger partial charge in [-0.25, -0.2) is 4.79 Å². The third-order valence-corrected chi connectivity index (χ3v) is 8.72. The van der Waals surface area contributed by atoms with Gasteiger partial charge >= 0.3 is 11.8 Å². The first-order valence-electron chi connectivity index (χ1n) is 14.7. The Bertz CT molecular complexity index is 1040. The maximum absolute atomic E-state index is 12.4. The Kier molecular flexibility index (Phi) is 8.24. The van der Waals surface area contributed by atoms with Gasteiger partial charge in [0.2, 0.25) is 0 Å². The van der Waals surface area contributed by atoms with E-state index in [9.17, 15) is 14.9 Å². The van der Waals surface area contributed by atoms with Crippen molar-refractivity contribution in [3.8, 4) is 5.75 Å². The van der Waals surface area contributed by atoms with Gasteiger partial charge in [-0.15, -0.1) is 0 Å². The number of nitro benzene ring substituents is 1. The van der Waals surface area contributed by atoms with Crippen molar-refractivity contribution < 1.29 is 19.2 Å². The molecule has 1 unspecified atom stereocenters. The van der Waals surface area contributed by atoms with E-state index in [1.54, 1.807) is 6.07 Å². The Morgan fingerprint density at radius 1 is 1.00 bits per heavy atom. The van der Waals surface area contributed by atoms with Gasteiger partial charge in [-0.2, -0.15) is 0 Å². The number of hydrogen-bond donors (Lipinski definition) is 0. The standard InChI is InChI=1S/C29H45N5O5/c1-29(2,3)39-28(35)33-10-7-21(20-33)19-30-13-15-31(16-14-30)23-8-11-32(12-9-23)25-18-27(38-4)26(34(36)37)17-24(25)22-5-6-22/h17-18,21-23H,5-16,19-20H2,1-4H3. The van der Waals surface area contributed by atoms with Crippen LogP contribution in [-0.4, -0.2) is 103 Å². The number of methoxy groups -OCH3 is 1. The molecule has 4 fully saturated rings. The summed E-state index contributed by atoms with van der Waals surface area (Å²) in [7, 11) is 1.51. The first-order chi connectivity index (χ1) is 18.6. The summed E-state index contributed by atoms with van der Waals surface area (Å²) in [6.07, 6.45) is 5.30. The molecule has 1 amide bonds. The highest BCUT2D eigenvalue weighted by molar-refractivity contribution is 5.68. The summed E-state index contributed by atoms with van der Waals surface area (Å²) in [6.45, 7) is 14.7. The average molecular weight is 544 g/mol. The number of carbonyl (C=O) groups is 1. The number of ether oxygens (including phenoxy) is 2. The maximum Gasteiger partial charge on any atom is 0.410 e. The SMILES string of the molecule is COc1cc(N2CCC(N3CCN(CC4CCN(C(=O)OC(C)(C)C)C4)CC3)CC2)c(C2CC2)cc1[N+](=O)[O-]. The number of piperazine rings is 1. The van der Waals surface area contributed by atoms with Crippen molar-refractivity contribution in [3.63, 3.8) is 0 Å². The van der Waals surface area contributed by atoms with Gasteiger partial charge in [0, 0.05) is 82.8 Å². The van der Waals surface area contributed by atoms with Gasteiger partial charge in [-0.1, -0.05) is 0 Å². The first-order valence-corrected chi connectivity index (χ1v) is 14.7. The number of carbonyl (C=O) groups excluding carboxylic acids is 1. The van der Waals surface area contributed by atoms with Gasteiger partial charge < -0.3 is 24.2 Å². The molecule has 1 aromatic carbocycles. The zero-order chi connectivity index (χ0) is 27.7. The summed E-state index contributed by atoms with van der Waals surface area (Å²) in [4.78, 5) is 33.2. The fourth-order valence-electron chi connectivity index (χ4n) is 6.50. The van der Waals surface area contributed by atoms with Crippen LogP contribution in [-0.2, 0) is 4.74 Å². The van der Waals surface area contributed by atoms with Crippen LogP contribution in [0.25, 0.3) is 0 Å². The molecular formula is C29H45N5O5. The van der Waals surface area contributed by atoms with E-state index in [1.165, 1.54) is 7.11 Å². The number of piperidine rings is 1. The molecule has 0 spiro atoms. The molecule has 5 rings (SSSR count). The molecule has 3 heterocycles. The summed E-state index contributed by atoms with van der Waals surface area (Å²) < 4.78 is 11.0. The number of rotatable bonds is 7. The molecule has 0 N–H and O–H groups in total. The van der Waals surface area contributed by atoms with E-state index in [0.29, 0.717) is 23.6 Å². The fraction of sp³-hybridized carbons (Fsp3) is 0.759. The molecule has 3 aliphatic heterocycles. The lowest BCUT2D eigenvalue weighted by Crippen LogP contribution is -2.54. The van der Waals surface area contributed by atoms with Gasteiger partial charge in [-0.05, 0) is 70.3 Å². The summed E-state index contributed by atoms with van der Waals surface area (Å²) in [5.41, 5.74) is 1.87. The lowest BCUT2D eigenvalue weighted by Gasteiger charge is -2.44. The molecule has 1 aromatic rings. The summed E-state index contributed by atoms with van der Waals surface area (Å²) >= 11 is 0. The third kappa shape index (κ3) is 6.77. The van der Waals surface area contributed by atoms with Crippen LogP contribution in [0.5, 0.6) is 5.75 Å². The highest BCUT2D eigenvalue weighted by Crippen LogP contribution is 2.48. The second-order valence-corrected chi connectivity index (χ2v) is 12.8. The number of likely N-dealkylation sites (tertiary alicyclic amines) is 1. The number of nitrogens with zero attached hydrogens (tertiary/aromatic N) is 5. The average Bonchev–Trinajstić information content (AvgIpc) is 3.65. The Morgan fingerprint density at radius 2 is 1.69 bits per heavy atom. The zero-order valence-corrected chi connectivity index (χ0v) is 24.1. The first kappa shape index (κ1) is 28.0. The highest BCUT2D eigenvalue weighted by Gasteiger charge is 2.35. The van der Waals surface area contributed by atoms with Crippen LogP contribution in [0.4, 0.5) is 16.2 Å². The second-order valence-electron chi connectivity index (χ2n) is 12.8. The van der Waals surface area contributed by atoms with E-state index in [0.717, 1.165) is 102 Å². The molecule has 10 heteroatoms. The van der Waals surface area contributed by atoms with Crippen molar-refractivity contribution in [2.75, 3.05) is 70.9 Å². The number of nitro groups is 1. The van der Waals surface area contributed by atoms with Crippen molar-refractivity contribution in [3.05, 3.63) is 27.8 Å². The molecular weight excluding hydrogens is 498 g/mol. The lowest BCUT2D eigenvalue weighted by atomic mass is 9.98. The van der Waals surface area contributed by atoms with E-state index in [2.05, 4.69) is 14.7 Å². The van der Waals surface area contributed by atoms with Crippen molar-refractivity contribution in [1.29, 1.82) is 0 Å². The molecule has 10 nitrogen and oxygen atoms in total. The van der Waals surface area contributed by atoms with Crippen molar-refractivity contribution in [1.82, 2.24) is 14.7 Å². The largest absolute Gasteiger partial charge is 0.490 e. The normalized spacial score (nSPS) is 23.7. The number of benzene rings is 1. The number of anilines is 1. The molecule has 0 bridgehead atoms. The van der Waals surface area contributed by atoms with E-state index in [4.69, 9.17) is 9.47 Å².